The molecule has 7 heteroatoms. The van der Waals surface area contributed by atoms with Gasteiger partial charge in [-0.1, -0.05) is 17.2 Å². The molecular weight excluding hydrogens is 210 g/mol. The van der Waals surface area contributed by atoms with Crippen LogP contribution in [0.4, 0.5) is 5.69 Å². The molecule has 1 aromatic carbocycles. The molecular formula is C9H13N5O2. The summed E-state index contributed by atoms with van der Waals surface area (Å²) >= 11 is 0. The zero-order valence-electron chi connectivity index (χ0n) is 8.48. The fourth-order valence-corrected chi connectivity index (χ4v) is 1.22. The van der Waals surface area contributed by atoms with Crippen LogP contribution in [0.1, 0.15) is 11.7 Å². The zero-order valence-corrected chi connectivity index (χ0v) is 8.48. The van der Waals surface area contributed by atoms with Gasteiger partial charge < -0.3 is 15.6 Å². The van der Waals surface area contributed by atoms with Crippen molar-refractivity contribution < 1.29 is 10.2 Å². The molecule has 16 heavy (non-hydrogen) atoms. The molecule has 0 aromatic heterocycles. The first-order valence-electron chi connectivity index (χ1n) is 4.62. The zero-order chi connectivity index (χ0) is 12.0. The Morgan fingerprint density at radius 1 is 1.38 bits per heavy atom. The molecule has 0 aliphatic heterocycles. The summed E-state index contributed by atoms with van der Waals surface area (Å²) in [6.07, 6.45) is -2.20. The lowest BCUT2D eigenvalue weighted by atomic mass is 10.0. The van der Waals surface area contributed by atoms with Crippen molar-refractivity contribution in [1.29, 1.82) is 0 Å². The van der Waals surface area contributed by atoms with E-state index in [1.807, 2.05) is 0 Å². The summed E-state index contributed by atoms with van der Waals surface area (Å²) in [5.74, 6) is 5.18. The van der Waals surface area contributed by atoms with Crippen LogP contribution in [0.5, 0.6) is 0 Å². The van der Waals surface area contributed by atoms with E-state index in [1.54, 1.807) is 24.3 Å². The number of benzene rings is 1. The smallest absolute Gasteiger partial charge is 0.105 e. The molecule has 1 rings (SSSR count). The molecule has 0 saturated carbocycles. The first-order valence-corrected chi connectivity index (χ1v) is 4.62. The van der Waals surface area contributed by atoms with Gasteiger partial charge in [0.2, 0.25) is 0 Å². The minimum atomic E-state index is -1.12. The van der Waals surface area contributed by atoms with Gasteiger partial charge in [0.25, 0.3) is 0 Å². The second-order valence-corrected chi connectivity index (χ2v) is 3.19. The van der Waals surface area contributed by atoms with Crippen molar-refractivity contribution >= 4 is 5.69 Å². The predicted octanol–water partition coefficient (Wildman–Crippen LogP) is 0.677. The molecule has 0 spiro atoms. The molecule has 0 heterocycles. The third-order valence-electron chi connectivity index (χ3n) is 2.12. The van der Waals surface area contributed by atoms with Gasteiger partial charge in [-0.3, -0.25) is 5.84 Å². The molecule has 0 amide bonds. The van der Waals surface area contributed by atoms with Gasteiger partial charge in [-0.25, -0.2) is 0 Å². The number of nitrogens with zero attached hydrogens (tertiary/aromatic N) is 3. The van der Waals surface area contributed by atoms with Gasteiger partial charge in [-0.05, 0) is 23.2 Å². The third-order valence-corrected chi connectivity index (χ3v) is 2.12. The van der Waals surface area contributed by atoms with Gasteiger partial charge in [0.15, 0.2) is 0 Å². The van der Waals surface area contributed by atoms with Crippen molar-refractivity contribution in [2.75, 3.05) is 12.0 Å². The Hall–Kier alpha value is -1.79. The number of rotatable bonds is 5. The first kappa shape index (κ1) is 12.3. The fraction of sp³-hybridized carbons (Fsp3) is 0.333. The van der Waals surface area contributed by atoms with Crippen LogP contribution in [0.2, 0.25) is 0 Å². The minimum absolute atomic E-state index is 0.172. The van der Waals surface area contributed by atoms with Crippen molar-refractivity contribution in [1.82, 2.24) is 0 Å². The van der Waals surface area contributed by atoms with E-state index >= 15 is 0 Å². The summed E-state index contributed by atoms with van der Waals surface area (Å²) in [7, 11) is 0. The summed E-state index contributed by atoms with van der Waals surface area (Å²) < 4.78 is 0. The number of anilines is 1. The quantitative estimate of drug-likeness (QED) is 0.192. The number of nitrogen functional groups attached to an aromatic ring is 1. The Morgan fingerprint density at radius 2 is 2.00 bits per heavy atom. The van der Waals surface area contributed by atoms with E-state index in [0.717, 1.165) is 0 Å². The van der Waals surface area contributed by atoms with Crippen molar-refractivity contribution in [2.45, 2.75) is 12.2 Å². The molecule has 2 unspecified atom stereocenters. The van der Waals surface area contributed by atoms with Crippen molar-refractivity contribution in [3.8, 4) is 0 Å². The number of hydrogen-bond donors (Lipinski definition) is 4. The molecule has 0 radical (unpaired) electrons. The van der Waals surface area contributed by atoms with E-state index in [9.17, 15) is 10.2 Å². The van der Waals surface area contributed by atoms with Gasteiger partial charge in [-0.15, -0.1) is 0 Å². The van der Waals surface area contributed by atoms with E-state index in [1.165, 1.54) is 0 Å². The number of hydrogen-bond acceptors (Lipinski definition) is 5. The Labute approximate surface area is 92.1 Å². The molecule has 86 valence electrons. The summed E-state index contributed by atoms with van der Waals surface area (Å²) in [6, 6.07) is 6.58. The fourth-order valence-electron chi connectivity index (χ4n) is 1.22. The minimum Gasteiger partial charge on any atom is -0.390 e. The molecule has 0 saturated heterocycles. The first-order chi connectivity index (χ1) is 7.69. The maximum Gasteiger partial charge on any atom is 0.105 e. The molecule has 0 bridgehead atoms. The molecule has 5 N–H and O–H groups in total. The SMILES string of the molecule is [N-]=[N+]=NCC(O)C(O)c1ccc(NN)cc1. The number of azide groups is 1. The summed E-state index contributed by atoms with van der Waals surface area (Å²) in [4.78, 5) is 2.51. The number of aliphatic hydroxyl groups is 2. The predicted molar refractivity (Wildman–Crippen MR) is 59.2 cm³/mol. The van der Waals surface area contributed by atoms with Crippen molar-refractivity contribution in [3.63, 3.8) is 0 Å². The Kier molecular flexibility index (Phi) is 4.56. The molecule has 7 nitrogen and oxygen atoms in total. The third kappa shape index (κ3) is 3.11. The van der Waals surface area contributed by atoms with Gasteiger partial charge in [0.05, 0.1) is 12.6 Å². The van der Waals surface area contributed by atoms with Gasteiger partial charge in [0, 0.05) is 10.6 Å². The normalized spacial score (nSPS) is 13.7. The summed E-state index contributed by atoms with van der Waals surface area (Å²) in [6.45, 7) is -0.172. The standard InChI is InChI=1S/C9H13N5O2/c10-13-7-3-1-6(2-4-7)9(16)8(15)5-12-14-11/h1-4,8-9,13,15-16H,5,10H2. The second kappa shape index (κ2) is 5.94. The average molecular weight is 223 g/mol. The van der Waals surface area contributed by atoms with Crippen molar-refractivity contribution in [2.24, 2.45) is 11.0 Å². The van der Waals surface area contributed by atoms with E-state index in [2.05, 4.69) is 15.5 Å². The average Bonchev–Trinajstić information content (AvgIpc) is 2.35. The molecule has 1 aromatic rings. The maximum atomic E-state index is 9.69. The Balaban J connectivity index is 2.71. The lowest BCUT2D eigenvalue weighted by molar-refractivity contribution is 0.0244. The van der Waals surface area contributed by atoms with E-state index < -0.39 is 12.2 Å². The van der Waals surface area contributed by atoms with Gasteiger partial charge in [-0.2, -0.15) is 0 Å². The molecule has 0 aliphatic rings. The topological polar surface area (TPSA) is 127 Å². The largest absolute Gasteiger partial charge is 0.390 e. The summed E-state index contributed by atoms with van der Waals surface area (Å²) in [5.41, 5.74) is 11.7. The lowest BCUT2D eigenvalue weighted by Crippen LogP contribution is -2.21. The number of nitrogens with two attached hydrogens (primary N) is 1. The van der Waals surface area contributed by atoms with Crippen LogP contribution >= 0.6 is 0 Å². The van der Waals surface area contributed by atoms with Crippen LogP contribution in [0.25, 0.3) is 10.4 Å². The van der Waals surface area contributed by atoms with E-state index in [-0.39, 0.29) is 6.54 Å². The highest BCUT2D eigenvalue weighted by atomic mass is 16.3. The monoisotopic (exact) mass is 223 g/mol. The number of hydrazine groups is 1. The van der Waals surface area contributed by atoms with E-state index in [4.69, 9.17) is 11.4 Å². The Bertz CT molecular complexity index is 374. The lowest BCUT2D eigenvalue weighted by Gasteiger charge is -2.16. The molecule has 0 aliphatic carbocycles. The highest BCUT2D eigenvalue weighted by molar-refractivity contribution is 5.43. The van der Waals surface area contributed by atoms with Gasteiger partial charge >= 0.3 is 0 Å². The van der Waals surface area contributed by atoms with Crippen LogP contribution in [0.15, 0.2) is 29.4 Å². The van der Waals surface area contributed by atoms with Crippen molar-refractivity contribution in [3.05, 3.63) is 40.3 Å². The van der Waals surface area contributed by atoms with Crippen LogP contribution in [-0.2, 0) is 0 Å². The Morgan fingerprint density at radius 3 is 2.50 bits per heavy atom. The highest BCUT2D eigenvalue weighted by Gasteiger charge is 2.17. The van der Waals surface area contributed by atoms with Crippen LogP contribution in [-0.4, -0.2) is 22.9 Å². The van der Waals surface area contributed by atoms with Crippen LogP contribution in [0, 0.1) is 0 Å². The van der Waals surface area contributed by atoms with Crippen LogP contribution < -0.4 is 11.3 Å². The van der Waals surface area contributed by atoms with Crippen LogP contribution in [0.3, 0.4) is 0 Å². The molecule has 2 atom stereocenters. The van der Waals surface area contributed by atoms with Gasteiger partial charge in [0.1, 0.15) is 6.10 Å². The highest BCUT2D eigenvalue weighted by Crippen LogP contribution is 2.19. The number of nitrogens with one attached hydrogen (secondary N) is 1. The van der Waals surface area contributed by atoms with E-state index in [0.29, 0.717) is 11.3 Å². The maximum absolute atomic E-state index is 9.69. The summed E-state index contributed by atoms with van der Waals surface area (Å²) in [5, 5.41) is 22.4. The number of aliphatic hydroxyl groups excluding tert-OH is 2. The second-order valence-electron chi connectivity index (χ2n) is 3.19. The molecule has 0 fully saturated rings.